The van der Waals surface area contributed by atoms with Gasteiger partial charge in [-0.05, 0) is 16.9 Å². The topological polar surface area (TPSA) is 26.0 Å². The molecule has 1 nitrogen and oxygen atoms in total. The molecule has 0 aromatic carbocycles. The summed E-state index contributed by atoms with van der Waals surface area (Å²) < 4.78 is 0. The minimum Gasteiger partial charge on any atom is -0.323 e. The number of hydrogen-bond acceptors (Lipinski definition) is 2. The summed E-state index contributed by atoms with van der Waals surface area (Å²) in [5.41, 5.74) is 6.20. The first kappa shape index (κ1) is 8.75. The van der Waals surface area contributed by atoms with Crippen LogP contribution in [-0.4, -0.2) is 0 Å². The van der Waals surface area contributed by atoms with Gasteiger partial charge in [0.1, 0.15) is 0 Å². The first-order chi connectivity index (χ1) is 5.02. The molecule has 0 saturated carbocycles. The van der Waals surface area contributed by atoms with Gasteiger partial charge in [0.25, 0.3) is 0 Å². The molecule has 0 radical (unpaired) electrons. The summed E-state index contributed by atoms with van der Waals surface area (Å²) in [4.78, 5) is 1.28. The molecule has 2 heteroatoms. The van der Waals surface area contributed by atoms with Crippen LogP contribution in [0.2, 0.25) is 0 Å². The van der Waals surface area contributed by atoms with E-state index < -0.39 is 0 Å². The Morgan fingerprint density at radius 3 is 2.45 bits per heavy atom. The molecule has 1 rings (SSSR count). The number of rotatable bonds is 1. The van der Waals surface area contributed by atoms with Crippen molar-refractivity contribution in [2.24, 2.45) is 11.1 Å². The molecule has 0 amide bonds. The first-order valence-corrected chi connectivity index (χ1v) is 4.69. The van der Waals surface area contributed by atoms with Crippen molar-refractivity contribution in [1.29, 1.82) is 0 Å². The Labute approximate surface area is 72.2 Å². The van der Waals surface area contributed by atoms with Crippen LogP contribution in [0.3, 0.4) is 0 Å². The van der Waals surface area contributed by atoms with Gasteiger partial charge in [0.2, 0.25) is 0 Å². The molecule has 0 aliphatic heterocycles. The van der Waals surface area contributed by atoms with E-state index in [4.69, 9.17) is 5.73 Å². The predicted molar refractivity (Wildman–Crippen MR) is 50.7 cm³/mol. The van der Waals surface area contributed by atoms with E-state index in [1.807, 2.05) is 6.07 Å². The predicted octanol–water partition coefficient (Wildman–Crippen LogP) is 2.79. The third-order valence-electron chi connectivity index (χ3n) is 1.78. The van der Waals surface area contributed by atoms with E-state index in [-0.39, 0.29) is 11.5 Å². The smallest absolute Gasteiger partial charge is 0.0438 e. The van der Waals surface area contributed by atoms with Gasteiger partial charge in [-0.1, -0.05) is 26.8 Å². The number of nitrogens with two attached hydrogens (primary N) is 1. The number of hydrogen-bond donors (Lipinski definition) is 1. The van der Waals surface area contributed by atoms with Crippen LogP contribution in [0.4, 0.5) is 0 Å². The fourth-order valence-corrected chi connectivity index (χ4v) is 1.87. The van der Waals surface area contributed by atoms with Crippen LogP contribution in [0.1, 0.15) is 31.7 Å². The molecule has 1 aromatic heterocycles. The van der Waals surface area contributed by atoms with Crippen molar-refractivity contribution >= 4 is 11.3 Å². The maximum Gasteiger partial charge on any atom is 0.0438 e. The Kier molecular flexibility index (Phi) is 2.35. The van der Waals surface area contributed by atoms with Crippen LogP contribution >= 0.6 is 11.3 Å². The Morgan fingerprint density at radius 2 is 2.09 bits per heavy atom. The van der Waals surface area contributed by atoms with Crippen LogP contribution in [0.15, 0.2) is 17.5 Å². The molecule has 1 heterocycles. The number of thiophene rings is 1. The van der Waals surface area contributed by atoms with Gasteiger partial charge in [-0.2, -0.15) is 0 Å². The SMILES string of the molecule is CC(C)(C)[C@@H](N)c1cccs1. The van der Waals surface area contributed by atoms with Gasteiger partial charge in [0.15, 0.2) is 0 Å². The summed E-state index contributed by atoms with van der Waals surface area (Å²) in [6, 6.07) is 4.31. The average molecular weight is 169 g/mol. The molecule has 1 atom stereocenters. The lowest BCUT2D eigenvalue weighted by Crippen LogP contribution is -2.25. The molecule has 0 saturated heterocycles. The summed E-state index contributed by atoms with van der Waals surface area (Å²) in [7, 11) is 0. The van der Waals surface area contributed by atoms with Gasteiger partial charge in [-0.25, -0.2) is 0 Å². The molecule has 62 valence electrons. The third-order valence-corrected chi connectivity index (χ3v) is 2.74. The highest BCUT2D eigenvalue weighted by atomic mass is 32.1. The van der Waals surface area contributed by atoms with E-state index in [0.29, 0.717) is 0 Å². The zero-order valence-electron chi connectivity index (χ0n) is 7.29. The summed E-state index contributed by atoms with van der Waals surface area (Å²) in [5.74, 6) is 0. The molecule has 11 heavy (non-hydrogen) atoms. The van der Waals surface area contributed by atoms with E-state index in [1.54, 1.807) is 11.3 Å². The zero-order valence-corrected chi connectivity index (χ0v) is 8.11. The fourth-order valence-electron chi connectivity index (χ4n) is 0.895. The molecular formula is C9H15NS. The molecule has 0 aliphatic rings. The van der Waals surface area contributed by atoms with Crippen molar-refractivity contribution in [3.8, 4) is 0 Å². The second kappa shape index (κ2) is 2.95. The zero-order chi connectivity index (χ0) is 8.48. The molecule has 0 unspecified atom stereocenters. The van der Waals surface area contributed by atoms with Crippen molar-refractivity contribution in [3.63, 3.8) is 0 Å². The summed E-state index contributed by atoms with van der Waals surface area (Å²) in [6.45, 7) is 6.49. The highest BCUT2D eigenvalue weighted by molar-refractivity contribution is 7.10. The van der Waals surface area contributed by atoms with E-state index in [1.165, 1.54) is 4.88 Å². The molecule has 0 bridgehead atoms. The lowest BCUT2D eigenvalue weighted by molar-refractivity contribution is 0.331. The van der Waals surface area contributed by atoms with Crippen LogP contribution in [0.25, 0.3) is 0 Å². The van der Waals surface area contributed by atoms with Gasteiger partial charge in [-0.15, -0.1) is 11.3 Å². The second-order valence-corrected chi connectivity index (χ2v) is 4.84. The molecular weight excluding hydrogens is 154 g/mol. The normalized spacial score (nSPS) is 14.9. The lowest BCUT2D eigenvalue weighted by atomic mass is 9.87. The van der Waals surface area contributed by atoms with Crippen molar-refractivity contribution < 1.29 is 0 Å². The monoisotopic (exact) mass is 169 g/mol. The van der Waals surface area contributed by atoms with Gasteiger partial charge < -0.3 is 5.73 Å². The Bertz CT molecular complexity index is 208. The highest BCUT2D eigenvalue weighted by Crippen LogP contribution is 2.32. The lowest BCUT2D eigenvalue weighted by Gasteiger charge is -2.25. The van der Waals surface area contributed by atoms with E-state index in [9.17, 15) is 0 Å². The molecule has 0 spiro atoms. The standard InChI is InChI=1S/C9H15NS/c1-9(2,3)8(10)7-5-4-6-11-7/h4-6,8H,10H2,1-3H3/t8-/m0/s1. The van der Waals surface area contributed by atoms with Gasteiger partial charge in [0.05, 0.1) is 0 Å². The Balaban J connectivity index is 2.78. The van der Waals surface area contributed by atoms with Gasteiger partial charge >= 0.3 is 0 Å². The van der Waals surface area contributed by atoms with Crippen LogP contribution in [-0.2, 0) is 0 Å². The van der Waals surface area contributed by atoms with Crippen LogP contribution in [0.5, 0.6) is 0 Å². The molecule has 1 aromatic rings. The quantitative estimate of drug-likeness (QED) is 0.687. The molecule has 0 fully saturated rings. The molecule has 0 aliphatic carbocycles. The van der Waals surface area contributed by atoms with Gasteiger partial charge in [-0.3, -0.25) is 0 Å². The van der Waals surface area contributed by atoms with E-state index in [2.05, 4.69) is 32.2 Å². The van der Waals surface area contributed by atoms with E-state index >= 15 is 0 Å². The summed E-state index contributed by atoms with van der Waals surface area (Å²) >= 11 is 1.73. The largest absolute Gasteiger partial charge is 0.323 e. The minimum atomic E-state index is 0.169. The van der Waals surface area contributed by atoms with Gasteiger partial charge in [0, 0.05) is 10.9 Å². The minimum absolute atomic E-state index is 0.169. The van der Waals surface area contributed by atoms with Crippen molar-refractivity contribution in [3.05, 3.63) is 22.4 Å². The van der Waals surface area contributed by atoms with Crippen LogP contribution < -0.4 is 5.73 Å². The molecule has 2 N–H and O–H groups in total. The Morgan fingerprint density at radius 1 is 1.45 bits per heavy atom. The maximum atomic E-state index is 6.03. The van der Waals surface area contributed by atoms with Crippen molar-refractivity contribution in [1.82, 2.24) is 0 Å². The van der Waals surface area contributed by atoms with Crippen molar-refractivity contribution in [2.45, 2.75) is 26.8 Å². The second-order valence-electron chi connectivity index (χ2n) is 3.86. The highest BCUT2D eigenvalue weighted by Gasteiger charge is 2.22. The Hall–Kier alpha value is -0.340. The summed E-state index contributed by atoms with van der Waals surface area (Å²) in [6.07, 6.45) is 0. The van der Waals surface area contributed by atoms with E-state index in [0.717, 1.165) is 0 Å². The van der Waals surface area contributed by atoms with Crippen LogP contribution in [0, 0.1) is 5.41 Å². The fraction of sp³-hybridized carbons (Fsp3) is 0.556. The first-order valence-electron chi connectivity index (χ1n) is 3.81. The third kappa shape index (κ3) is 2.04. The average Bonchev–Trinajstić information content (AvgIpc) is 2.34. The summed E-state index contributed by atoms with van der Waals surface area (Å²) in [5, 5.41) is 2.07. The maximum absolute atomic E-state index is 6.03. The van der Waals surface area contributed by atoms with Crippen molar-refractivity contribution in [2.75, 3.05) is 0 Å².